The highest BCUT2D eigenvalue weighted by atomic mass is 32.2. The number of hydrogen-bond donors (Lipinski definition) is 1. The molecule has 1 aliphatic heterocycles. The Morgan fingerprint density at radius 1 is 1.18 bits per heavy atom. The van der Waals surface area contributed by atoms with Gasteiger partial charge in [0, 0.05) is 32.1 Å². The minimum absolute atomic E-state index is 0.00288. The zero-order valence-corrected chi connectivity index (χ0v) is 16.9. The van der Waals surface area contributed by atoms with E-state index in [1.807, 2.05) is 30.3 Å². The quantitative estimate of drug-likeness (QED) is 0.751. The molecule has 2 amide bonds. The van der Waals surface area contributed by atoms with Crippen LogP contribution in [-0.2, 0) is 9.53 Å². The maximum absolute atomic E-state index is 12.7. The highest BCUT2D eigenvalue weighted by Gasteiger charge is 2.15. The molecule has 1 fully saturated rings. The SMILES string of the molecule is CN(C)C(=O)CSc1ccccc1C(=O)Nc1ccc(N2CCOCC2)nc1. The molecule has 0 spiro atoms. The summed E-state index contributed by atoms with van der Waals surface area (Å²) in [5.41, 5.74) is 1.17. The summed E-state index contributed by atoms with van der Waals surface area (Å²) in [6, 6.07) is 11.0. The van der Waals surface area contributed by atoms with E-state index in [1.165, 1.54) is 16.7 Å². The van der Waals surface area contributed by atoms with Crippen LogP contribution >= 0.6 is 11.8 Å². The first-order valence-corrected chi connectivity index (χ1v) is 10.1. The third-order valence-electron chi connectivity index (χ3n) is 4.32. The zero-order valence-electron chi connectivity index (χ0n) is 16.1. The number of nitrogens with zero attached hydrogens (tertiary/aromatic N) is 3. The molecule has 1 aromatic carbocycles. The molecule has 7 nitrogen and oxygen atoms in total. The van der Waals surface area contributed by atoms with Gasteiger partial charge in [-0.2, -0.15) is 0 Å². The molecule has 3 rings (SSSR count). The molecule has 28 heavy (non-hydrogen) atoms. The van der Waals surface area contributed by atoms with Crippen LogP contribution in [-0.4, -0.2) is 67.8 Å². The van der Waals surface area contributed by atoms with Crippen molar-refractivity contribution in [2.75, 3.05) is 56.4 Å². The smallest absolute Gasteiger partial charge is 0.256 e. The minimum atomic E-state index is -0.221. The number of anilines is 2. The Balaban J connectivity index is 1.65. The van der Waals surface area contributed by atoms with E-state index in [4.69, 9.17) is 4.74 Å². The Morgan fingerprint density at radius 2 is 1.93 bits per heavy atom. The lowest BCUT2D eigenvalue weighted by molar-refractivity contribution is -0.125. The van der Waals surface area contributed by atoms with E-state index in [0.29, 0.717) is 24.5 Å². The number of benzene rings is 1. The van der Waals surface area contributed by atoms with E-state index in [-0.39, 0.29) is 17.6 Å². The van der Waals surface area contributed by atoms with Gasteiger partial charge in [-0.3, -0.25) is 9.59 Å². The largest absolute Gasteiger partial charge is 0.378 e. The summed E-state index contributed by atoms with van der Waals surface area (Å²) < 4.78 is 5.35. The summed E-state index contributed by atoms with van der Waals surface area (Å²) in [5, 5.41) is 2.89. The van der Waals surface area contributed by atoms with Crippen molar-refractivity contribution in [3.8, 4) is 0 Å². The Hall–Kier alpha value is -2.58. The molecule has 0 bridgehead atoms. The van der Waals surface area contributed by atoms with Gasteiger partial charge in [0.1, 0.15) is 5.82 Å². The number of pyridine rings is 1. The van der Waals surface area contributed by atoms with Crippen LogP contribution in [0.2, 0.25) is 0 Å². The molecule has 0 radical (unpaired) electrons. The summed E-state index contributed by atoms with van der Waals surface area (Å²) in [4.78, 5) is 33.5. The van der Waals surface area contributed by atoms with Crippen LogP contribution in [0.15, 0.2) is 47.5 Å². The first-order chi connectivity index (χ1) is 13.5. The molecule has 8 heteroatoms. The van der Waals surface area contributed by atoms with Crippen molar-refractivity contribution in [3.05, 3.63) is 48.2 Å². The van der Waals surface area contributed by atoms with Crippen molar-refractivity contribution < 1.29 is 14.3 Å². The first kappa shape index (κ1) is 20.2. The maximum Gasteiger partial charge on any atom is 0.256 e. The molecule has 0 saturated carbocycles. The van der Waals surface area contributed by atoms with Crippen molar-refractivity contribution in [1.29, 1.82) is 0 Å². The van der Waals surface area contributed by atoms with Gasteiger partial charge in [0.2, 0.25) is 5.91 Å². The van der Waals surface area contributed by atoms with Crippen LogP contribution < -0.4 is 10.2 Å². The summed E-state index contributed by atoms with van der Waals surface area (Å²) in [6.07, 6.45) is 1.66. The number of thioether (sulfide) groups is 1. The third kappa shape index (κ3) is 5.24. The number of aromatic nitrogens is 1. The second-order valence-corrected chi connectivity index (χ2v) is 7.55. The number of amides is 2. The van der Waals surface area contributed by atoms with Gasteiger partial charge in [-0.15, -0.1) is 11.8 Å². The number of rotatable bonds is 6. The van der Waals surface area contributed by atoms with Crippen LogP contribution in [0, 0.1) is 0 Å². The van der Waals surface area contributed by atoms with Gasteiger partial charge >= 0.3 is 0 Å². The third-order valence-corrected chi connectivity index (χ3v) is 5.38. The fourth-order valence-electron chi connectivity index (χ4n) is 2.69. The van der Waals surface area contributed by atoms with E-state index in [2.05, 4.69) is 15.2 Å². The Bertz CT molecular complexity index is 820. The van der Waals surface area contributed by atoms with Crippen LogP contribution in [0.3, 0.4) is 0 Å². The molecule has 148 valence electrons. The summed E-state index contributed by atoms with van der Waals surface area (Å²) in [6.45, 7) is 3.03. The van der Waals surface area contributed by atoms with E-state index in [9.17, 15) is 9.59 Å². The lowest BCUT2D eigenvalue weighted by atomic mass is 10.2. The topological polar surface area (TPSA) is 74.8 Å². The number of carbonyl (C=O) groups is 2. The minimum Gasteiger partial charge on any atom is -0.378 e. The van der Waals surface area contributed by atoms with E-state index < -0.39 is 0 Å². The van der Waals surface area contributed by atoms with Crippen LogP contribution in [0.1, 0.15) is 10.4 Å². The number of carbonyl (C=O) groups excluding carboxylic acids is 2. The van der Waals surface area contributed by atoms with E-state index in [0.717, 1.165) is 23.8 Å². The van der Waals surface area contributed by atoms with Crippen molar-refractivity contribution in [2.24, 2.45) is 0 Å². The Kier molecular flexibility index (Phi) is 6.89. The van der Waals surface area contributed by atoms with Gasteiger partial charge in [-0.25, -0.2) is 4.98 Å². The monoisotopic (exact) mass is 400 g/mol. The summed E-state index contributed by atoms with van der Waals surface area (Å²) >= 11 is 1.36. The molecular formula is C20H24N4O3S. The average Bonchev–Trinajstić information content (AvgIpc) is 2.73. The Morgan fingerprint density at radius 3 is 2.61 bits per heavy atom. The molecular weight excluding hydrogens is 376 g/mol. The van der Waals surface area contributed by atoms with Gasteiger partial charge < -0.3 is 19.9 Å². The number of ether oxygens (including phenoxy) is 1. The molecule has 0 aliphatic carbocycles. The van der Waals surface area contributed by atoms with Crippen molar-refractivity contribution >= 4 is 35.1 Å². The number of hydrogen-bond acceptors (Lipinski definition) is 6. The zero-order chi connectivity index (χ0) is 19.9. The fraction of sp³-hybridized carbons (Fsp3) is 0.350. The molecule has 0 unspecified atom stereocenters. The summed E-state index contributed by atoms with van der Waals surface area (Å²) in [7, 11) is 3.43. The lowest BCUT2D eigenvalue weighted by Crippen LogP contribution is -2.36. The maximum atomic E-state index is 12.7. The van der Waals surface area contributed by atoms with E-state index >= 15 is 0 Å². The van der Waals surface area contributed by atoms with Crippen LogP contribution in [0.25, 0.3) is 0 Å². The second-order valence-electron chi connectivity index (χ2n) is 6.53. The predicted molar refractivity (Wildman–Crippen MR) is 111 cm³/mol. The molecule has 1 saturated heterocycles. The van der Waals surface area contributed by atoms with Gasteiger partial charge in [-0.1, -0.05) is 12.1 Å². The summed E-state index contributed by atoms with van der Waals surface area (Å²) in [5.74, 6) is 0.941. The van der Waals surface area contributed by atoms with Crippen molar-refractivity contribution in [3.63, 3.8) is 0 Å². The molecule has 1 N–H and O–H groups in total. The fourth-order valence-corrected chi connectivity index (χ4v) is 3.71. The first-order valence-electron chi connectivity index (χ1n) is 9.06. The molecule has 2 aromatic rings. The van der Waals surface area contributed by atoms with Crippen molar-refractivity contribution in [2.45, 2.75) is 4.90 Å². The highest BCUT2D eigenvalue weighted by molar-refractivity contribution is 8.00. The molecule has 2 heterocycles. The van der Waals surface area contributed by atoms with Crippen molar-refractivity contribution in [1.82, 2.24) is 9.88 Å². The second kappa shape index (κ2) is 9.57. The molecule has 1 aliphatic rings. The average molecular weight is 401 g/mol. The highest BCUT2D eigenvalue weighted by Crippen LogP contribution is 2.24. The normalized spacial score (nSPS) is 13.9. The molecule has 1 aromatic heterocycles. The Labute approximate surface area is 169 Å². The lowest BCUT2D eigenvalue weighted by Gasteiger charge is -2.27. The number of morpholine rings is 1. The van der Waals surface area contributed by atoms with Crippen LogP contribution in [0.5, 0.6) is 0 Å². The van der Waals surface area contributed by atoms with Gasteiger partial charge in [0.25, 0.3) is 5.91 Å². The van der Waals surface area contributed by atoms with Crippen LogP contribution in [0.4, 0.5) is 11.5 Å². The molecule has 0 atom stereocenters. The standard InChI is InChI=1S/C20H24N4O3S/c1-23(2)19(25)14-28-17-6-4-3-5-16(17)20(26)22-15-7-8-18(21-13-15)24-9-11-27-12-10-24/h3-8,13H,9-12,14H2,1-2H3,(H,22,26). The van der Waals surface area contributed by atoms with Gasteiger partial charge in [-0.05, 0) is 24.3 Å². The number of nitrogens with one attached hydrogen (secondary N) is 1. The van der Waals surface area contributed by atoms with E-state index in [1.54, 1.807) is 26.4 Å². The van der Waals surface area contributed by atoms with Gasteiger partial charge in [0.15, 0.2) is 0 Å². The predicted octanol–water partition coefficient (Wildman–Crippen LogP) is 2.35. The van der Waals surface area contributed by atoms with Gasteiger partial charge in [0.05, 0.1) is 36.4 Å².